The maximum absolute atomic E-state index is 5.59. The lowest BCUT2D eigenvalue weighted by atomic mass is 9.98. The molecule has 0 saturated heterocycles. The summed E-state index contributed by atoms with van der Waals surface area (Å²) in [7, 11) is 0. The van der Waals surface area contributed by atoms with Gasteiger partial charge in [-0.3, -0.25) is 0 Å². The number of ether oxygens (including phenoxy) is 1. The Bertz CT molecular complexity index is 272. The Morgan fingerprint density at radius 3 is 3.08 bits per heavy atom. The van der Waals surface area contributed by atoms with Crippen LogP contribution in [0.4, 0.5) is 0 Å². The van der Waals surface area contributed by atoms with Gasteiger partial charge in [-0.05, 0) is 17.5 Å². The van der Waals surface area contributed by atoms with Crippen LogP contribution in [0.15, 0.2) is 24.3 Å². The highest BCUT2D eigenvalue weighted by molar-refractivity contribution is 5.30. The highest BCUT2D eigenvalue weighted by Gasteiger charge is 2.17. The van der Waals surface area contributed by atoms with Gasteiger partial charge in [0.05, 0.1) is 12.7 Å². The fourth-order valence-corrected chi connectivity index (χ4v) is 1.67. The molecule has 0 fully saturated rings. The molecule has 2 nitrogen and oxygen atoms in total. The molecule has 12 heavy (non-hydrogen) atoms. The third-order valence-corrected chi connectivity index (χ3v) is 2.31. The third-order valence-electron chi connectivity index (χ3n) is 2.31. The molecule has 1 heterocycles. The fraction of sp³-hybridized carbons (Fsp3) is 0.400. The topological polar surface area (TPSA) is 35.2 Å². The minimum atomic E-state index is 0.120. The van der Waals surface area contributed by atoms with Crippen molar-refractivity contribution in [3.05, 3.63) is 35.4 Å². The molecule has 64 valence electrons. The van der Waals surface area contributed by atoms with E-state index in [-0.39, 0.29) is 6.10 Å². The number of hydrogen-bond acceptors (Lipinski definition) is 2. The van der Waals surface area contributed by atoms with E-state index in [1.165, 1.54) is 11.1 Å². The molecule has 2 N–H and O–H groups in total. The number of rotatable bonds is 1. The molecule has 2 heteroatoms. The molecule has 1 aliphatic heterocycles. The molecule has 1 aromatic carbocycles. The summed E-state index contributed by atoms with van der Waals surface area (Å²) < 4.78 is 5.53. The van der Waals surface area contributed by atoms with E-state index in [2.05, 4.69) is 18.2 Å². The molecule has 1 atom stereocenters. The van der Waals surface area contributed by atoms with E-state index in [0.717, 1.165) is 13.0 Å². The van der Waals surface area contributed by atoms with Crippen LogP contribution in [0.25, 0.3) is 0 Å². The van der Waals surface area contributed by atoms with E-state index in [1.807, 2.05) is 6.07 Å². The summed E-state index contributed by atoms with van der Waals surface area (Å²) in [4.78, 5) is 0. The molecule has 1 aliphatic rings. The molecule has 0 unspecified atom stereocenters. The zero-order chi connectivity index (χ0) is 8.39. The number of fused-ring (bicyclic) bond motifs is 1. The van der Waals surface area contributed by atoms with Crippen LogP contribution >= 0.6 is 0 Å². The summed E-state index contributed by atoms with van der Waals surface area (Å²) >= 11 is 0. The van der Waals surface area contributed by atoms with Crippen molar-refractivity contribution < 1.29 is 4.74 Å². The molecule has 0 saturated carbocycles. The van der Waals surface area contributed by atoms with Crippen molar-refractivity contribution in [1.29, 1.82) is 0 Å². The predicted molar refractivity (Wildman–Crippen MR) is 47.9 cm³/mol. The van der Waals surface area contributed by atoms with Crippen molar-refractivity contribution in [3.8, 4) is 0 Å². The average molecular weight is 163 g/mol. The van der Waals surface area contributed by atoms with Crippen LogP contribution in [-0.2, 0) is 11.2 Å². The zero-order valence-corrected chi connectivity index (χ0v) is 6.99. The summed E-state index contributed by atoms with van der Waals surface area (Å²) in [5.41, 5.74) is 8.25. The van der Waals surface area contributed by atoms with Crippen LogP contribution in [0.1, 0.15) is 17.2 Å². The van der Waals surface area contributed by atoms with Gasteiger partial charge in [0.25, 0.3) is 0 Å². The smallest absolute Gasteiger partial charge is 0.0949 e. The standard InChI is InChI=1S/C10H13NO/c11-7-10-9-4-2-1-3-8(9)5-6-12-10/h1-4,10H,5-7,11H2/t10-/m0/s1. The van der Waals surface area contributed by atoms with E-state index in [4.69, 9.17) is 10.5 Å². The summed E-state index contributed by atoms with van der Waals surface area (Å²) in [5, 5.41) is 0. The first-order chi connectivity index (χ1) is 5.92. The summed E-state index contributed by atoms with van der Waals surface area (Å²) in [5.74, 6) is 0. The van der Waals surface area contributed by atoms with Crippen LogP contribution in [0.3, 0.4) is 0 Å². The largest absolute Gasteiger partial charge is 0.372 e. The van der Waals surface area contributed by atoms with Crippen LogP contribution < -0.4 is 5.73 Å². The van der Waals surface area contributed by atoms with Crippen molar-refractivity contribution in [2.45, 2.75) is 12.5 Å². The second-order valence-corrected chi connectivity index (χ2v) is 3.04. The fourth-order valence-electron chi connectivity index (χ4n) is 1.67. The first-order valence-electron chi connectivity index (χ1n) is 4.31. The van der Waals surface area contributed by atoms with Crippen LogP contribution in [-0.4, -0.2) is 13.2 Å². The number of benzene rings is 1. The van der Waals surface area contributed by atoms with Crippen molar-refractivity contribution in [1.82, 2.24) is 0 Å². The quantitative estimate of drug-likeness (QED) is 0.676. The highest BCUT2D eigenvalue weighted by Crippen LogP contribution is 2.25. The molecule has 0 bridgehead atoms. The second kappa shape index (κ2) is 3.25. The molecular formula is C10H13NO. The van der Waals surface area contributed by atoms with E-state index in [9.17, 15) is 0 Å². The first-order valence-corrected chi connectivity index (χ1v) is 4.31. The van der Waals surface area contributed by atoms with Gasteiger partial charge in [0.1, 0.15) is 0 Å². The lowest BCUT2D eigenvalue weighted by Gasteiger charge is -2.24. The molecule has 0 spiro atoms. The van der Waals surface area contributed by atoms with Crippen molar-refractivity contribution in [2.75, 3.05) is 13.2 Å². The van der Waals surface area contributed by atoms with Crippen LogP contribution in [0.5, 0.6) is 0 Å². The van der Waals surface area contributed by atoms with Crippen molar-refractivity contribution in [3.63, 3.8) is 0 Å². The van der Waals surface area contributed by atoms with Crippen molar-refractivity contribution >= 4 is 0 Å². The van der Waals surface area contributed by atoms with E-state index in [0.29, 0.717) is 6.54 Å². The predicted octanol–water partition coefficient (Wildman–Crippen LogP) is 1.26. The Morgan fingerprint density at radius 1 is 1.42 bits per heavy atom. The van der Waals surface area contributed by atoms with Gasteiger partial charge < -0.3 is 10.5 Å². The summed E-state index contributed by atoms with van der Waals surface area (Å²) in [6.07, 6.45) is 1.14. The minimum absolute atomic E-state index is 0.120. The number of hydrogen-bond donors (Lipinski definition) is 1. The second-order valence-electron chi connectivity index (χ2n) is 3.04. The summed E-state index contributed by atoms with van der Waals surface area (Å²) in [6, 6.07) is 8.36. The lowest BCUT2D eigenvalue weighted by molar-refractivity contribution is 0.0485. The normalized spacial score (nSPS) is 21.9. The molecule has 2 rings (SSSR count). The van der Waals surface area contributed by atoms with Crippen LogP contribution in [0.2, 0.25) is 0 Å². The number of nitrogens with two attached hydrogens (primary N) is 1. The monoisotopic (exact) mass is 163 g/mol. The Hall–Kier alpha value is -0.860. The summed E-state index contributed by atoms with van der Waals surface area (Å²) in [6.45, 7) is 1.38. The van der Waals surface area contributed by atoms with Gasteiger partial charge in [0, 0.05) is 6.54 Å². The van der Waals surface area contributed by atoms with Gasteiger partial charge in [-0.15, -0.1) is 0 Å². The molecule has 1 aromatic rings. The van der Waals surface area contributed by atoms with Gasteiger partial charge in [0.2, 0.25) is 0 Å². The first kappa shape index (κ1) is 7.77. The maximum Gasteiger partial charge on any atom is 0.0949 e. The van der Waals surface area contributed by atoms with Gasteiger partial charge >= 0.3 is 0 Å². The highest BCUT2D eigenvalue weighted by atomic mass is 16.5. The van der Waals surface area contributed by atoms with Crippen LogP contribution in [0, 0.1) is 0 Å². The molecule has 0 radical (unpaired) electrons. The molecule has 0 aliphatic carbocycles. The Labute approximate surface area is 72.3 Å². The van der Waals surface area contributed by atoms with E-state index in [1.54, 1.807) is 0 Å². The van der Waals surface area contributed by atoms with E-state index < -0.39 is 0 Å². The zero-order valence-electron chi connectivity index (χ0n) is 6.99. The minimum Gasteiger partial charge on any atom is -0.372 e. The Morgan fingerprint density at radius 2 is 2.25 bits per heavy atom. The van der Waals surface area contributed by atoms with E-state index >= 15 is 0 Å². The SMILES string of the molecule is NC[C@@H]1OCCc2ccccc21. The van der Waals surface area contributed by atoms with Gasteiger partial charge in [-0.1, -0.05) is 24.3 Å². The lowest BCUT2D eigenvalue weighted by Crippen LogP contribution is -2.22. The third kappa shape index (κ3) is 1.24. The average Bonchev–Trinajstić information content (AvgIpc) is 2.17. The maximum atomic E-state index is 5.59. The molecule has 0 amide bonds. The molecule has 0 aromatic heterocycles. The van der Waals surface area contributed by atoms with Crippen molar-refractivity contribution in [2.24, 2.45) is 5.73 Å². The van der Waals surface area contributed by atoms with Gasteiger partial charge in [-0.25, -0.2) is 0 Å². The Kier molecular flexibility index (Phi) is 2.11. The Balaban J connectivity index is 2.37. The van der Waals surface area contributed by atoms with Gasteiger partial charge in [-0.2, -0.15) is 0 Å². The van der Waals surface area contributed by atoms with Gasteiger partial charge in [0.15, 0.2) is 0 Å². The molecular weight excluding hydrogens is 150 g/mol.